The Balaban J connectivity index is 2.04. The highest BCUT2D eigenvalue weighted by Gasteiger charge is 2.25. The third kappa shape index (κ3) is 2.35. The van der Waals surface area contributed by atoms with Crippen LogP contribution in [0.4, 0.5) is 0 Å². The van der Waals surface area contributed by atoms with Gasteiger partial charge in [-0.2, -0.15) is 0 Å². The molecule has 18 heavy (non-hydrogen) atoms. The van der Waals surface area contributed by atoms with Crippen molar-refractivity contribution in [3.63, 3.8) is 0 Å². The molecule has 0 radical (unpaired) electrons. The average Bonchev–Trinajstić information content (AvgIpc) is 3.12. The molecule has 1 aromatic heterocycles. The molecule has 1 fully saturated rings. The number of rotatable bonds is 2. The van der Waals surface area contributed by atoms with Crippen molar-refractivity contribution in [2.75, 3.05) is 0 Å². The van der Waals surface area contributed by atoms with E-state index >= 15 is 0 Å². The Labute approximate surface area is 118 Å². The maximum atomic E-state index is 12.0. The van der Waals surface area contributed by atoms with Crippen molar-refractivity contribution >= 4 is 44.3 Å². The molecule has 0 aliphatic heterocycles. The first-order chi connectivity index (χ1) is 8.63. The van der Waals surface area contributed by atoms with Crippen LogP contribution in [0.3, 0.4) is 0 Å². The highest BCUT2D eigenvalue weighted by atomic mass is 79.9. The van der Waals surface area contributed by atoms with Gasteiger partial charge < -0.3 is 5.32 Å². The average molecular weight is 326 g/mol. The van der Waals surface area contributed by atoms with Crippen LogP contribution in [0.1, 0.15) is 23.2 Å². The first-order valence-corrected chi connectivity index (χ1v) is 6.87. The van der Waals surface area contributed by atoms with Gasteiger partial charge in [0.15, 0.2) is 0 Å². The zero-order valence-corrected chi connectivity index (χ0v) is 11.8. The Hall–Kier alpha value is -1.13. The van der Waals surface area contributed by atoms with Gasteiger partial charge in [0.25, 0.3) is 5.91 Å². The van der Waals surface area contributed by atoms with Gasteiger partial charge in [0.05, 0.1) is 11.1 Å². The van der Waals surface area contributed by atoms with E-state index in [-0.39, 0.29) is 11.1 Å². The van der Waals surface area contributed by atoms with Gasteiger partial charge in [-0.1, -0.05) is 27.5 Å². The van der Waals surface area contributed by atoms with Crippen molar-refractivity contribution in [3.8, 4) is 0 Å². The minimum absolute atomic E-state index is 0.142. The summed E-state index contributed by atoms with van der Waals surface area (Å²) < 4.78 is 0.952. The zero-order valence-electron chi connectivity index (χ0n) is 9.41. The summed E-state index contributed by atoms with van der Waals surface area (Å²) in [4.78, 5) is 16.2. The van der Waals surface area contributed by atoms with Crippen LogP contribution in [0.25, 0.3) is 10.9 Å². The Bertz CT molecular complexity index is 640. The van der Waals surface area contributed by atoms with Crippen LogP contribution in [0.5, 0.6) is 0 Å². The van der Waals surface area contributed by atoms with Crippen LogP contribution in [-0.4, -0.2) is 16.9 Å². The van der Waals surface area contributed by atoms with Gasteiger partial charge in [-0.05, 0) is 37.1 Å². The van der Waals surface area contributed by atoms with Crippen molar-refractivity contribution in [2.24, 2.45) is 0 Å². The number of hydrogen-bond donors (Lipinski definition) is 1. The van der Waals surface area contributed by atoms with Gasteiger partial charge in [-0.3, -0.25) is 4.79 Å². The lowest BCUT2D eigenvalue weighted by Gasteiger charge is -2.07. The van der Waals surface area contributed by atoms with Crippen molar-refractivity contribution in [3.05, 3.63) is 39.5 Å². The molecule has 0 spiro atoms. The van der Waals surface area contributed by atoms with Crippen molar-refractivity contribution in [1.29, 1.82) is 0 Å². The molecule has 92 valence electrons. The summed E-state index contributed by atoms with van der Waals surface area (Å²) in [5, 5.41) is 4.07. The monoisotopic (exact) mass is 324 g/mol. The smallest absolute Gasteiger partial charge is 0.254 e. The maximum Gasteiger partial charge on any atom is 0.254 e. The highest BCUT2D eigenvalue weighted by Crippen LogP contribution is 2.25. The van der Waals surface area contributed by atoms with Gasteiger partial charge in [0.1, 0.15) is 5.15 Å². The minimum Gasteiger partial charge on any atom is -0.349 e. The van der Waals surface area contributed by atoms with Gasteiger partial charge >= 0.3 is 0 Å². The van der Waals surface area contributed by atoms with E-state index in [0.717, 1.165) is 28.2 Å². The number of fused-ring (bicyclic) bond motifs is 1. The molecular formula is C13H10BrClN2O. The summed E-state index contributed by atoms with van der Waals surface area (Å²) in [7, 11) is 0. The van der Waals surface area contributed by atoms with Gasteiger partial charge in [0, 0.05) is 15.9 Å². The third-order valence-corrected chi connectivity index (χ3v) is 3.67. The van der Waals surface area contributed by atoms with Gasteiger partial charge in [0.2, 0.25) is 0 Å². The first-order valence-electron chi connectivity index (χ1n) is 5.70. The number of hydrogen-bond acceptors (Lipinski definition) is 2. The van der Waals surface area contributed by atoms with E-state index in [1.165, 1.54) is 0 Å². The predicted octanol–water partition coefficient (Wildman–Crippen LogP) is 3.54. The second-order valence-corrected chi connectivity index (χ2v) is 5.69. The van der Waals surface area contributed by atoms with Crippen molar-refractivity contribution in [2.45, 2.75) is 18.9 Å². The van der Waals surface area contributed by atoms with E-state index in [9.17, 15) is 4.79 Å². The molecule has 1 aromatic carbocycles. The Morgan fingerprint density at radius 1 is 1.39 bits per heavy atom. The molecule has 1 aliphatic rings. The Kier molecular flexibility index (Phi) is 2.99. The number of carbonyl (C=O) groups excluding carboxylic acids is 1. The number of nitrogens with one attached hydrogen (secondary N) is 1. The summed E-state index contributed by atoms with van der Waals surface area (Å²) >= 11 is 9.46. The van der Waals surface area contributed by atoms with E-state index < -0.39 is 0 Å². The lowest BCUT2D eigenvalue weighted by Crippen LogP contribution is -2.25. The van der Waals surface area contributed by atoms with Crippen LogP contribution in [0, 0.1) is 0 Å². The molecular weight excluding hydrogens is 316 g/mol. The molecule has 1 heterocycles. The second kappa shape index (κ2) is 4.52. The predicted molar refractivity (Wildman–Crippen MR) is 74.9 cm³/mol. The van der Waals surface area contributed by atoms with Gasteiger partial charge in [-0.15, -0.1) is 0 Å². The van der Waals surface area contributed by atoms with Crippen LogP contribution < -0.4 is 5.32 Å². The molecule has 0 bridgehead atoms. The van der Waals surface area contributed by atoms with E-state index in [4.69, 9.17) is 11.6 Å². The molecule has 0 atom stereocenters. The zero-order chi connectivity index (χ0) is 12.7. The SMILES string of the molecule is O=C(NC1CC1)c1cc2cc(Br)ccc2nc1Cl. The summed E-state index contributed by atoms with van der Waals surface area (Å²) in [6, 6.07) is 7.79. The van der Waals surface area contributed by atoms with E-state index in [2.05, 4.69) is 26.2 Å². The lowest BCUT2D eigenvalue weighted by atomic mass is 10.1. The lowest BCUT2D eigenvalue weighted by molar-refractivity contribution is 0.0951. The fourth-order valence-electron chi connectivity index (χ4n) is 1.77. The minimum atomic E-state index is -0.142. The fourth-order valence-corrected chi connectivity index (χ4v) is 2.38. The van der Waals surface area contributed by atoms with Crippen molar-refractivity contribution < 1.29 is 4.79 Å². The summed E-state index contributed by atoms with van der Waals surface area (Å²) in [6.07, 6.45) is 2.10. The standard InChI is InChI=1S/C13H10BrClN2O/c14-8-1-4-11-7(5-8)6-10(12(15)17-11)13(18)16-9-2-3-9/h1,4-6,9H,2-3H2,(H,16,18). The van der Waals surface area contributed by atoms with Crippen LogP contribution >= 0.6 is 27.5 Å². The molecule has 2 aromatic rings. The molecule has 1 amide bonds. The topological polar surface area (TPSA) is 42.0 Å². The van der Waals surface area contributed by atoms with Gasteiger partial charge in [-0.25, -0.2) is 4.98 Å². The summed E-state index contributed by atoms with van der Waals surface area (Å²) in [5.41, 5.74) is 1.22. The molecule has 1 saturated carbocycles. The highest BCUT2D eigenvalue weighted by molar-refractivity contribution is 9.10. The number of carbonyl (C=O) groups is 1. The number of aromatic nitrogens is 1. The van der Waals surface area contributed by atoms with Crippen LogP contribution in [0.15, 0.2) is 28.7 Å². The molecule has 5 heteroatoms. The quantitative estimate of drug-likeness (QED) is 0.858. The number of pyridine rings is 1. The number of halogens is 2. The molecule has 1 N–H and O–H groups in total. The normalized spacial score (nSPS) is 14.8. The Morgan fingerprint density at radius 2 is 2.17 bits per heavy atom. The molecule has 0 saturated heterocycles. The van der Waals surface area contributed by atoms with E-state index in [1.54, 1.807) is 6.07 Å². The molecule has 1 aliphatic carbocycles. The molecule has 3 rings (SSSR count). The van der Waals surface area contributed by atoms with Crippen LogP contribution in [0.2, 0.25) is 5.15 Å². The molecule has 0 unspecified atom stereocenters. The summed E-state index contributed by atoms with van der Waals surface area (Å²) in [5.74, 6) is -0.142. The fraction of sp³-hybridized carbons (Fsp3) is 0.231. The second-order valence-electron chi connectivity index (χ2n) is 4.41. The first kappa shape index (κ1) is 11.9. The van der Waals surface area contributed by atoms with E-state index in [1.807, 2.05) is 18.2 Å². The number of nitrogens with zero attached hydrogens (tertiary/aromatic N) is 1. The van der Waals surface area contributed by atoms with E-state index in [0.29, 0.717) is 11.6 Å². The third-order valence-electron chi connectivity index (χ3n) is 2.89. The largest absolute Gasteiger partial charge is 0.349 e. The van der Waals surface area contributed by atoms with Crippen LogP contribution in [-0.2, 0) is 0 Å². The summed E-state index contributed by atoms with van der Waals surface area (Å²) in [6.45, 7) is 0. The number of benzene rings is 1. The Morgan fingerprint density at radius 3 is 2.89 bits per heavy atom. The molecule has 3 nitrogen and oxygen atoms in total. The maximum absolute atomic E-state index is 12.0. The van der Waals surface area contributed by atoms with Crippen molar-refractivity contribution in [1.82, 2.24) is 10.3 Å². The number of amides is 1.